The predicted molar refractivity (Wildman–Crippen MR) is 120 cm³/mol. The van der Waals surface area contributed by atoms with Crippen molar-refractivity contribution in [2.24, 2.45) is 23.5 Å². The van der Waals surface area contributed by atoms with Crippen molar-refractivity contribution in [3.8, 4) is 0 Å². The van der Waals surface area contributed by atoms with Gasteiger partial charge in [0.2, 0.25) is 0 Å². The highest BCUT2D eigenvalue weighted by Crippen LogP contribution is 2.59. The van der Waals surface area contributed by atoms with Gasteiger partial charge in [-0.2, -0.15) is 8.42 Å². The molecule has 1 atom stereocenters. The lowest BCUT2D eigenvalue weighted by molar-refractivity contribution is -0.139. The molecule has 2 N–H and O–H groups in total. The number of amides is 2. The monoisotopic (exact) mass is 474 g/mol. The Labute approximate surface area is 194 Å². The summed E-state index contributed by atoms with van der Waals surface area (Å²) in [6.07, 6.45) is 5.89. The molecule has 4 saturated carbocycles. The molecule has 8 nitrogen and oxygen atoms in total. The minimum absolute atomic E-state index is 0.109. The maximum atomic E-state index is 13.5. The molecule has 0 aromatic heterocycles. The smallest absolute Gasteiger partial charge is 0.343 e. The van der Waals surface area contributed by atoms with Gasteiger partial charge in [-0.15, -0.1) is 0 Å². The fourth-order valence-electron chi connectivity index (χ4n) is 6.91. The Morgan fingerprint density at radius 3 is 2.00 bits per heavy atom. The van der Waals surface area contributed by atoms with Gasteiger partial charge in [0.15, 0.2) is 0 Å². The number of fused-ring (bicyclic) bond motifs is 1. The first kappa shape index (κ1) is 22.5. The van der Waals surface area contributed by atoms with E-state index in [4.69, 9.17) is 9.92 Å². The van der Waals surface area contributed by atoms with Gasteiger partial charge in [-0.3, -0.25) is 14.5 Å². The van der Waals surface area contributed by atoms with Gasteiger partial charge < -0.3 is 9.92 Å². The Morgan fingerprint density at radius 2 is 1.52 bits per heavy atom. The van der Waals surface area contributed by atoms with Crippen LogP contribution in [0.25, 0.3) is 0 Å². The SMILES string of the molecule is NCCCC[C@@H](C(=O)OS(=O)(=O)C12CC3CC(CC(C3)C1)C2)N1C(=O)c2ccccc2C1=O. The molecule has 1 aliphatic heterocycles. The first-order chi connectivity index (χ1) is 15.7. The summed E-state index contributed by atoms with van der Waals surface area (Å²) in [7, 11) is -4.21. The quantitative estimate of drug-likeness (QED) is 0.349. The molecule has 0 unspecified atom stereocenters. The van der Waals surface area contributed by atoms with Crippen molar-refractivity contribution in [1.29, 1.82) is 0 Å². The van der Waals surface area contributed by atoms with Gasteiger partial charge in [0, 0.05) is 0 Å². The zero-order valence-electron chi connectivity index (χ0n) is 18.6. The van der Waals surface area contributed by atoms with E-state index >= 15 is 0 Å². The van der Waals surface area contributed by atoms with Crippen molar-refractivity contribution in [3.05, 3.63) is 35.4 Å². The van der Waals surface area contributed by atoms with Crippen LogP contribution in [0.4, 0.5) is 0 Å². The number of hydrogen-bond acceptors (Lipinski definition) is 7. The largest absolute Gasteiger partial charge is 0.345 e. The number of rotatable bonds is 8. The van der Waals surface area contributed by atoms with Crippen LogP contribution in [0.5, 0.6) is 0 Å². The van der Waals surface area contributed by atoms with E-state index in [0.717, 1.165) is 24.2 Å². The summed E-state index contributed by atoms with van der Waals surface area (Å²) in [6, 6.07) is 5.06. The Morgan fingerprint density at radius 1 is 1.00 bits per heavy atom. The molecule has 33 heavy (non-hydrogen) atoms. The van der Waals surface area contributed by atoms with Crippen LogP contribution in [-0.4, -0.2) is 48.4 Å². The normalized spacial score (nSPS) is 31.1. The summed E-state index contributed by atoms with van der Waals surface area (Å²) in [6.45, 7) is 0.384. The van der Waals surface area contributed by atoms with Crippen LogP contribution in [0, 0.1) is 17.8 Å². The zero-order valence-corrected chi connectivity index (χ0v) is 19.4. The van der Waals surface area contributed by atoms with Crippen LogP contribution in [0.3, 0.4) is 0 Å². The molecule has 4 bridgehead atoms. The molecule has 0 spiro atoms. The van der Waals surface area contributed by atoms with Crippen LogP contribution in [0.2, 0.25) is 0 Å². The third-order valence-electron chi connectivity index (χ3n) is 8.05. The highest BCUT2D eigenvalue weighted by Gasteiger charge is 2.59. The van der Waals surface area contributed by atoms with Gasteiger partial charge in [-0.1, -0.05) is 12.1 Å². The molecule has 6 rings (SSSR count). The average molecular weight is 475 g/mol. The highest BCUT2D eigenvalue weighted by molar-refractivity contribution is 7.88. The van der Waals surface area contributed by atoms with Crippen LogP contribution in [0.15, 0.2) is 24.3 Å². The van der Waals surface area contributed by atoms with Gasteiger partial charge in [-0.05, 0) is 94.2 Å². The first-order valence-electron chi connectivity index (χ1n) is 11.9. The summed E-state index contributed by atoms with van der Waals surface area (Å²) in [5, 5.41) is 0. The molecule has 1 heterocycles. The number of nitrogens with two attached hydrogens (primary N) is 1. The van der Waals surface area contributed by atoms with E-state index in [0.29, 0.717) is 56.4 Å². The molecular weight excluding hydrogens is 444 g/mol. The Balaban J connectivity index is 1.40. The lowest BCUT2D eigenvalue weighted by Crippen LogP contribution is -2.56. The highest BCUT2D eigenvalue weighted by atomic mass is 32.2. The van der Waals surface area contributed by atoms with Crippen LogP contribution in [-0.2, 0) is 19.1 Å². The molecule has 1 aromatic rings. The first-order valence-corrected chi connectivity index (χ1v) is 13.3. The van der Waals surface area contributed by atoms with Gasteiger partial charge in [0.1, 0.15) is 10.8 Å². The topological polar surface area (TPSA) is 124 Å². The maximum absolute atomic E-state index is 13.5. The predicted octanol–water partition coefficient (Wildman–Crippen LogP) is 2.62. The van der Waals surface area contributed by atoms with E-state index < -0.39 is 38.7 Å². The maximum Gasteiger partial charge on any atom is 0.345 e. The minimum Gasteiger partial charge on any atom is -0.343 e. The van der Waals surface area contributed by atoms with E-state index in [1.165, 1.54) is 12.1 Å². The molecule has 2 amide bonds. The van der Waals surface area contributed by atoms with E-state index in [-0.39, 0.29) is 17.5 Å². The van der Waals surface area contributed by atoms with Gasteiger partial charge in [0.05, 0.1) is 11.1 Å². The number of unbranched alkanes of at least 4 members (excludes halogenated alkanes) is 1. The van der Waals surface area contributed by atoms with E-state index in [1.54, 1.807) is 12.1 Å². The molecule has 1 aromatic carbocycles. The number of carbonyl (C=O) groups is 3. The lowest BCUT2D eigenvalue weighted by Gasteiger charge is -2.55. The van der Waals surface area contributed by atoms with Gasteiger partial charge in [-0.25, -0.2) is 4.79 Å². The molecule has 9 heteroatoms. The number of nitrogens with zero attached hydrogens (tertiary/aromatic N) is 1. The van der Waals surface area contributed by atoms with Crippen LogP contribution < -0.4 is 5.73 Å². The third kappa shape index (κ3) is 3.69. The summed E-state index contributed by atoms with van der Waals surface area (Å²) >= 11 is 0. The molecule has 5 aliphatic rings. The van der Waals surface area contributed by atoms with Gasteiger partial charge in [0.25, 0.3) is 11.8 Å². The van der Waals surface area contributed by atoms with Crippen molar-refractivity contribution in [2.45, 2.75) is 68.6 Å². The number of imide groups is 1. The molecule has 0 saturated heterocycles. The van der Waals surface area contributed by atoms with Crippen molar-refractivity contribution in [2.75, 3.05) is 6.54 Å². The molecule has 178 valence electrons. The van der Waals surface area contributed by atoms with Gasteiger partial charge >= 0.3 is 16.1 Å². The van der Waals surface area contributed by atoms with E-state index in [9.17, 15) is 22.8 Å². The Bertz CT molecular complexity index is 1030. The van der Waals surface area contributed by atoms with Crippen LogP contribution in [0.1, 0.15) is 78.5 Å². The molecule has 4 fully saturated rings. The second-order valence-corrected chi connectivity index (χ2v) is 12.2. The Kier molecular flexibility index (Phi) is 5.60. The number of benzene rings is 1. The summed E-state index contributed by atoms with van der Waals surface area (Å²) in [5.41, 5.74) is 6.00. The minimum atomic E-state index is -4.21. The fourth-order valence-corrected chi connectivity index (χ4v) is 8.74. The molecule has 4 aliphatic carbocycles. The van der Waals surface area contributed by atoms with Crippen molar-refractivity contribution in [1.82, 2.24) is 4.90 Å². The second-order valence-electron chi connectivity index (χ2n) is 10.3. The third-order valence-corrected chi connectivity index (χ3v) is 9.99. The molecule has 0 radical (unpaired) electrons. The van der Waals surface area contributed by atoms with E-state index in [1.807, 2.05) is 0 Å². The zero-order chi connectivity index (χ0) is 23.4. The standard InChI is InChI=1S/C24H30N2O6S/c25-8-4-3-7-20(26-21(27)18-5-1-2-6-19(18)22(26)28)23(29)32-33(30,31)24-12-15-9-16(13-24)11-17(10-15)14-24/h1-2,5-6,15-17,20H,3-4,7-14,25H2/t15?,16?,17?,20-,24?/m0/s1. The summed E-state index contributed by atoms with van der Waals surface area (Å²) < 4.78 is 31.2. The fraction of sp³-hybridized carbons (Fsp3) is 0.625. The average Bonchev–Trinajstić information content (AvgIpc) is 3.00. The number of hydrogen-bond donors (Lipinski definition) is 1. The second kappa shape index (κ2) is 8.20. The number of carbonyl (C=O) groups excluding carboxylic acids is 3. The van der Waals surface area contributed by atoms with Crippen molar-refractivity contribution < 1.29 is 27.0 Å². The Hall–Kier alpha value is -2.26. The van der Waals surface area contributed by atoms with Crippen molar-refractivity contribution >= 4 is 27.9 Å². The van der Waals surface area contributed by atoms with Crippen molar-refractivity contribution in [3.63, 3.8) is 0 Å². The van der Waals surface area contributed by atoms with Crippen LogP contribution >= 0.6 is 0 Å². The summed E-state index contributed by atoms with van der Waals surface area (Å²) in [5.74, 6) is -1.16. The molecular formula is C24H30N2O6S. The summed E-state index contributed by atoms with van der Waals surface area (Å²) in [4.78, 5) is 40.2. The lowest BCUT2D eigenvalue weighted by atomic mass is 9.56. The van der Waals surface area contributed by atoms with E-state index in [2.05, 4.69) is 0 Å².